The first-order chi connectivity index (χ1) is 14.4. The number of rotatable bonds is 7. The van der Waals surface area contributed by atoms with Crippen LogP contribution in [0, 0.1) is 0 Å². The van der Waals surface area contributed by atoms with Gasteiger partial charge in [-0.15, -0.1) is 0 Å². The lowest BCUT2D eigenvalue weighted by Gasteiger charge is -2.16. The molecule has 0 spiro atoms. The Kier molecular flexibility index (Phi) is 7.06. The lowest BCUT2D eigenvalue weighted by Crippen LogP contribution is -2.34. The Morgan fingerprint density at radius 2 is 1.80 bits per heavy atom. The van der Waals surface area contributed by atoms with Gasteiger partial charge in [-0.25, -0.2) is 4.79 Å². The fraction of sp³-hybridized carbons (Fsp3) is 0.348. The number of benzene rings is 2. The summed E-state index contributed by atoms with van der Waals surface area (Å²) >= 11 is 0. The van der Waals surface area contributed by atoms with Crippen molar-refractivity contribution < 1.29 is 14.4 Å². The number of urea groups is 1. The van der Waals surface area contributed by atoms with Crippen molar-refractivity contribution in [2.75, 3.05) is 11.9 Å². The quantitative estimate of drug-likeness (QED) is 0.657. The molecule has 1 saturated heterocycles. The van der Waals surface area contributed by atoms with Crippen LogP contribution in [0.15, 0.2) is 48.5 Å². The van der Waals surface area contributed by atoms with E-state index in [1.807, 2.05) is 43.0 Å². The van der Waals surface area contributed by atoms with Gasteiger partial charge in [0.1, 0.15) is 0 Å². The van der Waals surface area contributed by atoms with Crippen LogP contribution in [-0.4, -0.2) is 35.3 Å². The molecule has 2 aromatic carbocycles. The summed E-state index contributed by atoms with van der Waals surface area (Å²) in [6.45, 7) is 5.59. The zero-order valence-electron chi connectivity index (χ0n) is 17.4. The summed E-state index contributed by atoms with van der Waals surface area (Å²) < 4.78 is 0. The summed E-state index contributed by atoms with van der Waals surface area (Å²) in [5, 5.41) is 8.38. The van der Waals surface area contributed by atoms with E-state index in [4.69, 9.17) is 0 Å². The molecular weight excluding hydrogens is 380 g/mol. The van der Waals surface area contributed by atoms with E-state index < -0.39 is 0 Å². The first-order valence-corrected chi connectivity index (χ1v) is 10.2. The zero-order chi connectivity index (χ0) is 21.5. The number of carbonyl (C=O) groups is 3. The van der Waals surface area contributed by atoms with Crippen LogP contribution in [0.2, 0.25) is 0 Å². The molecule has 2 aromatic rings. The predicted octanol–water partition coefficient (Wildman–Crippen LogP) is 3.27. The molecule has 1 fully saturated rings. The van der Waals surface area contributed by atoms with Gasteiger partial charge in [0.15, 0.2) is 0 Å². The van der Waals surface area contributed by atoms with Gasteiger partial charge in [0.05, 0.1) is 0 Å². The highest BCUT2D eigenvalue weighted by molar-refractivity contribution is 5.95. The number of nitrogens with zero attached hydrogens (tertiary/aromatic N) is 1. The third-order valence-electron chi connectivity index (χ3n) is 4.81. The van der Waals surface area contributed by atoms with Gasteiger partial charge in [-0.1, -0.05) is 24.3 Å². The van der Waals surface area contributed by atoms with Crippen LogP contribution in [0.1, 0.15) is 48.2 Å². The first-order valence-electron chi connectivity index (χ1n) is 10.2. The molecule has 7 heteroatoms. The third kappa shape index (κ3) is 6.07. The molecule has 0 radical (unpaired) electrons. The minimum atomic E-state index is -0.280. The van der Waals surface area contributed by atoms with Gasteiger partial charge in [0.2, 0.25) is 5.91 Å². The summed E-state index contributed by atoms with van der Waals surface area (Å²) in [6.07, 6.45) is 1.55. The van der Waals surface area contributed by atoms with Crippen LogP contribution in [-0.2, 0) is 17.9 Å². The first kappa shape index (κ1) is 21.4. The summed E-state index contributed by atoms with van der Waals surface area (Å²) in [4.78, 5) is 37.8. The molecule has 4 amide bonds. The Morgan fingerprint density at radius 1 is 1.07 bits per heavy atom. The largest absolute Gasteiger partial charge is 0.348 e. The fourth-order valence-corrected chi connectivity index (χ4v) is 3.35. The normalized spacial score (nSPS) is 13.4. The molecule has 0 aliphatic carbocycles. The number of hydrogen-bond acceptors (Lipinski definition) is 3. The topological polar surface area (TPSA) is 90.5 Å². The molecule has 30 heavy (non-hydrogen) atoms. The van der Waals surface area contributed by atoms with E-state index in [9.17, 15) is 14.4 Å². The van der Waals surface area contributed by atoms with Gasteiger partial charge in [-0.2, -0.15) is 0 Å². The minimum absolute atomic E-state index is 0.0457. The van der Waals surface area contributed by atoms with Gasteiger partial charge in [-0.3, -0.25) is 9.59 Å². The highest BCUT2D eigenvalue weighted by atomic mass is 16.2. The summed E-state index contributed by atoms with van der Waals surface area (Å²) in [6, 6.07) is 14.4. The molecule has 0 aromatic heterocycles. The van der Waals surface area contributed by atoms with E-state index in [0.717, 1.165) is 24.1 Å². The molecule has 0 atom stereocenters. The van der Waals surface area contributed by atoms with E-state index in [2.05, 4.69) is 16.0 Å². The van der Waals surface area contributed by atoms with Crippen molar-refractivity contribution in [3.05, 3.63) is 65.2 Å². The molecule has 3 rings (SSSR count). The van der Waals surface area contributed by atoms with E-state index in [1.165, 1.54) is 0 Å². The molecule has 7 nitrogen and oxygen atoms in total. The fourth-order valence-electron chi connectivity index (χ4n) is 3.35. The van der Waals surface area contributed by atoms with Crippen molar-refractivity contribution in [3.8, 4) is 0 Å². The maximum absolute atomic E-state index is 12.4. The molecule has 1 aliphatic heterocycles. The maximum Gasteiger partial charge on any atom is 0.319 e. The van der Waals surface area contributed by atoms with Crippen LogP contribution in [0.5, 0.6) is 0 Å². The van der Waals surface area contributed by atoms with E-state index in [-0.39, 0.29) is 23.9 Å². The minimum Gasteiger partial charge on any atom is -0.348 e. The second kappa shape index (κ2) is 9.91. The standard InChI is InChI=1S/C23H28N4O3/c1-16(2)25-23(30)26-20-10-8-19(9-11-20)22(29)24-14-17-5-3-6-18(13-17)15-27-12-4-7-21(27)28/h3,5-6,8-11,13,16H,4,7,12,14-15H2,1-2H3,(H,24,29)(H2,25,26,30). The van der Waals surface area contributed by atoms with Crippen LogP contribution < -0.4 is 16.0 Å². The van der Waals surface area contributed by atoms with E-state index in [1.54, 1.807) is 24.3 Å². The molecule has 1 aliphatic rings. The number of likely N-dealkylation sites (tertiary alicyclic amines) is 1. The molecule has 0 saturated carbocycles. The Morgan fingerprint density at radius 3 is 2.47 bits per heavy atom. The van der Waals surface area contributed by atoms with Crippen molar-refractivity contribution >= 4 is 23.5 Å². The van der Waals surface area contributed by atoms with Crippen molar-refractivity contribution in [1.82, 2.24) is 15.5 Å². The Balaban J connectivity index is 1.52. The number of carbonyl (C=O) groups excluding carboxylic acids is 3. The maximum atomic E-state index is 12.4. The van der Waals surface area contributed by atoms with E-state index >= 15 is 0 Å². The second-order valence-electron chi connectivity index (χ2n) is 7.75. The lowest BCUT2D eigenvalue weighted by molar-refractivity contribution is -0.128. The van der Waals surface area contributed by atoms with Crippen molar-refractivity contribution in [1.29, 1.82) is 0 Å². The SMILES string of the molecule is CC(C)NC(=O)Nc1ccc(C(=O)NCc2cccc(CN3CCCC3=O)c2)cc1. The zero-order valence-corrected chi connectivity index (χ0v) is 17.4. The smallest absolute Gasteiger partial charge is 0.319 e. The molecule has 158 valence electrons. The van der Waals surface area contributed by atoms with Crippen LogP contribution in [0.4, 0.5) is 10.5 Å². The second-order valence-corrected chi connectivity index (χ2v) is 7.75. The van der Waals surface area contributed by atoms with Gasteiger partial charge < -0.3 is 20.9 Å². The van der Waals surface area contributed by atoms with Crippen molar-refractivity contribution in [2.24, 2.45) is 0 Å². The average molecular weight is 409 g/mol. The Labute approximate surface area is 176 Å². The molecule has 0 unspecified atom stereocenters. The van der Waals surface area contributed by atoms with Crippen LogP contribution in [0.3, 0.4) is 0 Å². The van der Waals surface area contributed by atoms with Crippen LogP contribution in [0.25, 0.3) is 0 Å². The number of nitrogens with one attached hydrogen (secondary N) is 3. The summed E-state index contributed by atoms with van der Waals surface area (Å²) in [5.74, 6) is 0.0154. The van der Waals surface area contributed by atoms with Gasteiger partial charge in [-0.05, 0) is 55.7 Å². The highest BCUT2D eigenvalue weighted by Crippen LogP contribution is 2.15. The lowest BCUT2D eigenvalue weighted by atomic mass is 10.1. The number of amides is 4. The number of hydrogen-bond donors (Lipinski definition) is 3. The average Bonchev–Trinajstić information content (AvgIpc) is 3.11. The predicted molar refractivity (Wildman–Crippen MR) is 116 cm³/mol. The summed E-state index contributed by atoms with van der Waals surface area (Å²) in [7, 11) is 0. The van der Waals surface area contributed by atoms with Crippen molar-refractivity contribution in [3.63, 3.8) is 0 Å². The molecular formula is C23H28N4O3. The Hall–Kier alpha value is -3.35. The highest BCUT2D eigenvalue weighted by Gasteiger charge is 2.20. The monoisotopic (exact) mass is 408 g/mol. The van der Waals surface area contributed by atoms with Crippen molar-refractivity contribution in [2.45, 2.75) is 45.8 Å². The third-order valence-corrected chi connectivity index (χ3v) is 4.81. The molecule has 0 bridgehead atoms. The molecule has 1 heterocycles. The van der Waals surface area contributed by atoms with Gasteiger partial charge >= 0.3 is 6.03 Å². The van der Waals surface area contributed by atoms with Gasteiger partial charge in [0, 0.05) is 43.3 Å². The van der Waals surface area contributed by atoms with E-state index in [0.29, 0.717) is 30.8 Å². The van der Waals surface area contributed by atoms with Crippen LogP contribution >= 0.6 is 0 Å². The Bertz CT molecular complexity index is 909. The van der Waals surface area contributed by atoms with Gasteiger partial charge in [0.25, 0.3) is 5.91 Å². The molecule has 3 N–H and O–H groups in total. The summed E-state index contributed by atoms with van der Waals surface area (Å²) in [5.41, 5.74) is 3.18. The number of anilines is 1.